The molecule has 28 heavy (non-hydrogen) atoms. The van der Waals surface area contributed by atoms with Crippen LogP contribution in [-0.4, -0.2) is 16.8 Å². The van der Waals surface area contributed by atoms with Gasteiger partial charge in [-0.1, -0.05) is 18.2 Å². The molecule has 1 heterocycles. The molecule has 0 bridgehead atoms. The molecule has 0 radical (unpaired) electrons. The van der Waals surface area contributed by atoms with E-state index in [1.807, 2.05) is 6.07 Å². The van der Waals surface area contributed by atoms with Gasteiger partial charge >= 0.3 is 6.18 Å². The lowest BCUT2D eigenvalue weighted by Crippen LogP contribution is -2.41. The van der Waals surface area contributed by atoms with Gasteiger partial charge in [-0.05, 0) is 53.6 Å². The fourth-order valence-electron chi connectivity index (χ4n) is 2.42. The summed E-state index contributed by atoms with van der Waals surface area (Å²) in [5.74, 6) is -1.29. The fraction of sp³-hybridized carbons (Fsp3) is 0.0500. The maximum absolute atomic E-state index is 12.5. The molecule has 2 aromatic carbocycles. The second-order valence-corrected chi connectivity index (χ2v) is 5.80. The molecule has 1 aromatic heterocycles. The van der Waals surface area contributed by atoms with E-state index in [0.717, 1.165) is 35.4 Å². The standard InChI is InChI=1S/C20H14F3N3O2/c21-20(22,23)17-9-7-15(8-10-17)19(28)26-25-18(27)14-5-3-13(4-6-14)16-2-1-11-24-12-16/h1-12H,(H,25,27)(H,26,28). The average Bonchev–Trinajstić information content (AvgIpc) is 2.72. The molecule has 3 rings (SSSR count). The summed E-state index contributed by atoms with van der Waals surface area (Å²) in [7, 11) is 0. The molecule has 0 aliphatic carbocycles. The number of halogens is 3. The van der Waals surface area contributed by atoms with Crippen LogP contribution in [-0.2, 0) is 6.18 Å². The molecular formula is C20H14F3N3O2. The monoisotopic (exact) mass is 385 g/mol. The zero-order valence-corrected chi connectivity index (χ0v) is 14.3. The van der Waals surface area contributed by atoms with Crippen LogP contribution in [0.4, 0.5) is 13.2 Å². The molecule has 0 atom stereocenters. The SMILES string of the molecule is O=C(NNC(=O)c1ccc(C(F)(F)F)cc1)c1ccc(-c2cccnc2)cc1. The van der Waals surface area contributed by atoms with Crippen LogP contribution >= 0.6 is 0 Å². The van der Waals surface area contributed by atoms with Crippen molar-refractivity contribution in [3.8, 4) is 11.1 Å². The lowest BCUT2D eigenvalue weighted by Gasteiger charge is -2.10. The third-order valence-corrected chi connectivity index (χ3v) is 3.91. The number of hydrazine groups is 1. The number of amides is 2. The van der Waals surface area contributed by atoms with Crippen LogP contribution < -0.4 is 10.9 Å². The quantitative estimate of drug-likeness (QED) is 0.673. The smallest absolute Gasteiger partial charge is 0.267 e. The summed E-state index contributed by atoms with van der Waals surface area (Å²) in [6, 6.07) is 14.0. The van der Waals surface area contributed by atoms with Crippen LogP contribution in [0.1, 0.15) is 26.3 Å². The lowest BCUT2D eigenvalue weighted by atomic mass is 10.1. The maximum Gasteiger partial charge on any atom is 0.416 e. The first-order valence-electron chi connectivity index (χ1n) is 8.13. The Balaban J connectivity index is 1.60. The van der Waals surface area contributed by atoms with Gasteiger partial charge in [0.25, 0.3) is 11.8 Å². The molecule has 2 amide bonds. The van der Waals surface area contributed by atoms with E-state index < -0.39 is 23.6 Å². The van der Waals surface area contributed by atoms with Crippen molar-refractivity contribution in [3.63, 3.8) is 0 Å². The van der Waals surface area contributed by atoms with E-state index in [2.05, 4.69) is 15.8 Å². The van der Waals surface area contributed by atoms with Gasteiger partial charge in [-0.2, -0.15) is 13.2 Å². The Morgan fingerprint density at radius 3 is 1.75 bits per heavy atom. The number of benzene rings is 2. The molecule has 0 saturated carbocycles. The van der Waals surface area contributed by atoms with Crippen LogP contribution in [0.25, 0.3) is 11.1 Å². The largest absolute Gasteiger partial charge is 0.416 e. The number of hydrogen-bond donors (Lipinski definition) is 2. The van der Waals surface area contributed by atoms with Crippen molar-refractivity contribution in [1.82, 2.24) is 15.8 Å². The molecule has 5 nitrogen and oxygen atoms in total. The van der Waals surface area contributed by atoms with Gasteiger partial charge in [-0.3, -0.25) is 25.4 Å². The van der Waals surface area contributed by atoms with E-state index >= 15 is 0 Å². The van der Waals surface area contributed by atoms with Crippen molar-refractivity contribution in [3.05, 3.63) is 89.7 Å². The summed E-state index contributed by atoms with van der Waals surface area (Å²) in [6.07, 6.45) is -1.13. The number of nitrogens with one attached hydrogen (secondary N) is 2. The van der Waals surface area contributed by atoms with Crippen molar-refractivity contribution in [2.24, 2.45) is 0 Å². The third kappa shape index (κ3) is 4.53. The van der Waals surface area contributed by atoms with Crippen molar-refractivity contribution in [1.29, 1.82) is 0 Å². The Kier molecular flexibility index (Phi) is 5.39. The van der Waals surface area contributed by atoms with Crippen molar-refractivity contribution < 1.29 is 22.8 Å². The summed E-state index contributed by atoms with van der Waals surface area (Å²) in [5.41, 5.74) is 5.60. The summed E-state index contributed by atoms with van der Waals surface area (Å²) in [5, 5.41) is 0. The number of carbonyl (C=O) groups is 2. The number of pyridine rings is 1. The highest BCUT2D eigenvalue weighted by atomic mass is 19.4. The number of alkyl halides is 3. The topological polar surface area (TPSA) is 71.1 Å². The molecule has 142 valence electrons. The Morgan fingerprint density at radius 2 is 1.29 bits per heavy atom. The van der Waals surface area contributed by atoms with Crippen LogP contribution in [0, 0.1) is 0 Å². The Labute approximate surface area is 158 Å². The second-order valence-electron chi connectivity index (χ2n) is 5.80. The van der Waals surface area contributed by atoms with Crippen molar-refractivity contribution >= 4 is 11.8 Å². The first kappa shape index (κ1) is 19.1. The molecule has 0 fully saturated rings. The van der Waals surface area contributed by atoms with Gasteiger partial charge in [0, 0.05) is 23.5 Å². The number of aromatic nitrogens is 1. The Bertz CT molecular complexity index is 970. The predicted octanol–water partition coefficient (Wildman–Crippen LogP) is 3.84. The minimum atomic E-state index is -4.48. The normalized spacial score (nSPS) is 11.0. The van der Waals surface area contributed by atoms with Gasteiger partial charge in [0.2, 0.25) is 0 Å². The maximum atomic E-state index is 12.5. The molecule has 0 saturated heterocycles. The number of nitrogens with zero attached hydrogens (tertiary/aromatic N) is 1. The molecule has 0 unspecified atom stereocenters. The minimum Gasteiger partial charge on any atom is -0.267 e. The van der Waals surface area contributed by atoms with E-state index in [1.165, 1.54) is 0 Å². The van der Waals surface area contributed by atoms with Crippen molar-refractivity contribution in [2.75, 3.05) is 0 Å². The van der Waals surface area contributed by atoms with E-state index in [0.29, 0.717) is 5.56 Å². The molecule has 0 aliphatic heterocycles. The summed E-state index contributed by atoms with van der Waals surface area (Å²) < 4.78 is 37.6. The summed E-state index contributed by atoms with van der Waals surface area (Å²) in [4.78, 5) is 28.1. The van der Waals surface area contributed by atoms with Gasteiger partial charge in [-0.25, -0.2) is 0 Å². The van der Waals surface area contributed by atoms with Gasteiger partial charge in [0.15, 0.2) is 0 Å². The highest BCUT2D eigenvalue weighted by Crippen LogP contribution is 2.29. The lowest BCUT2D eigenvalue weighted by molar-refractivity contribution is -0.137. The van der Waals surface area contributed by atoms with E-state index in [9.17, 15) is 22.8 Å². The van der Waals surface area contributed by atoms with Crippen LogP contribution in [0.5, 0.6) is 0 Å². The summed E-state index contributed by atoms with van der Waals surface area (Å²) in [6.45, 7) is 0. The Morgan fingerprint density at radius 1 is 0.750 bits per heavy atom. The van der Waals surface area contributed by atoms with Gasteiger partial charge in [-0.15, -0.1) is 0 Å². The zero-order valence-electron chi connectivity index (χ0n) is 14.3. The van der Waals surface area contributed by atoms with E-state index in [4.69, 9.17) is 0 Å². The molecule has 2 N–H and O–H groups in total. The molecule has 0 aliphatic rings. The second kappa shape index (κ2) is 7.91. The predicted molar refractivity (Wildman–Crippen MR) is 96.0 cm³/mol. The fourth-order valence-corrected chi connectivity index (χ4v) is 2.42. The average molecular weight is 385 g/mol. The highest BCUT2D eigenvalue weighted by molar-refractivity contribution is 5.99. The minimum absolute atomic E-state index is 0.0137. The van der Waals surface area contributed by atoms with Gasteiger partial charge in [0.1, 0.15) is 0 Å². The van der Waals surface area contributed by atoms with Gasteiger partial charge < -0.3 is 0 Å². The van der Waals surface area contributed by atoms with Gasteiger partial charge in [0.05, 0.1) is 5.56 Å². The van der Waals surface area contributed by atoms with E-state index in [-0.39, 0.29) is 5.56 Å². The molecule has 3 aromatic rings. The first-order valence-corrected chi connectivity index (χ1v) is 8.13. The zero-order chi connectivity index (χ0) is 20.1. The van der Waals surface area contributed by atoms with E-state index in [1.54, 1.807) is 42.7 Å². The third-order valence-electron chi connectivity index (χ3n) is 3.91. The molecule has 0 spiro atoms. The summed E-state index contributed by atoms with van der Waals surface area (Å²) >= 11 is 0. The first-order chi connectivity index (χ1) is 13.3. The van der Waals surface area contributed by atoms with Crippen molar-refractivity contribution in [2.45, 2.75) is 6.18 Å². The number of rotatable bonds is 3. The molecular weight excluding hydrogens is 371 g/mol. The van der Waals surface area contributed by atoms with Crippen LogP contribution in [0.3, 0.4) is 0 Å². The molecule has 8 heteroatoms. The number of hydrogen-bond acceptors (Lipinski definition) is 3. The van der Waals surface area contributed by atoms with Crippen LogP contribution in [0.15, 0.2) is 73.1 Å². The number of carbonyl (C=O) groups excluding carboxylic acids is 2. The Hall–Kier alpha value is -3.68. The van der Waals surface area contributed by atoms with Crippen LogP contribution in [0.2, 0.25) is 0 Å². The highest BCUT2D eigenvalue weighted by Gasteiger charge is 2.30.